The van der Waals surface area contributed by atoms with Gasteiger partial charge in [-0.15, -0.1) is 0 Å². The second-order valence-electron chi connectivity index (χ2n) is 4.51. The lowest BCUT2D eigenvalue weighted by molar-refractivity contribution is 0.120. The van der Waals surface area contributed by atoms with E-state index in [9.17, 15) is 13.5 Å². The Morgan fingerprint density at radius 2 is 2.00 bits per heavy atom. The number of nitrogens with zero attached hydrogens (tertiary/aromatic N) is 1. The van der Waals surface area contributed by atoms with Crippen molar-refractivity contribution in [2.75, 3.05) is 5.73 Å². The van der Waals surface area contributed by atoms with Crippen LogP contribution in [0.5, 0.6) is 0 Å². The topological polar surface area (TPSA) is 105 Å². The Hall–Kier alpha value is -1.18. The van der Waals surface area contributed by atoms with Crippen LogP contribution >= 0.6 is 0 Å². The molecular weight excluding hydrogens is 254 g/mol. The van der Waals surface area contributed by atoms with Gasteiger partial charge in [-0.05, 0) is 37.8 Å². The molecule has 6 nitrogen and oxygen atoms in total. The van der Waals surface area contributed by atoms with Gasteiger partial charge in [0.15, 0.2) is 0 Å². The molecule has 0 unspecified atom stereocenters. The van der Waals surface area contributed by atoms with E-state index in [1.165, 1.54) is 18.3 Å². The first-order valence-corrected chi connectivity index (χ1v) is 7.38. The van der Waals surface area contributed by atoms with Gasteiger partial charge in [-0.2, -0.15) is 0 Å². The molecule has 0 bridgehead atoms. The van der Waals surface area contributed by atoms with E-state index in [0.717, 1.165) is 0 Å². The highest BCUT2D eigenvalue weighted by Crippen LogP contribution is 2.21. The maximum absolute atomic E-state index is 12.1. The van der Waals surface area contributed by atoms with Gasteiger partial charge in [0.05, 0.1) is 6.10 Å². The molecule has 2 rings (SSSR count). The number of hydrogen-bond donors (Lipinski definition) is 3. The Morgan fingerprint density at radius 3 is 2.61 bits per heavy atom. The van der Waals surface area contributed by atoms with Crippen LogP contribution in [-0.4, -0.2) is 30.7 Å². The average Bonchev–Trinajstić information content (AvgIpc) is 2.32. The van der Waals surface area contributed by atoms with E-state index in [0.29, 0.717) is 25.7 Å². The van der Waals surface area contributed by atoms with Crippen LogP contribution in [0.25, 0.3) is 0 Å². The molecule has 0 saturated heterocycles. The smallest absolute Gasteiger partial charge is 0.244 e. The molecule has 1 aromatic rings. The number of sulfonamides is 1. The zero-order valence-electron chi connectivity index (χ0n) is 9.91. The maximum Gasteiger partial charge on any atom is 0.244 e. The van der Waals surface area contributed by atoms with Gasteiger partial charge in [0.2, 0.25) is 10.0 Å². The van der Waals surface area contributed by atoms with E-state index >= 15 is 0 Å². The van der Waals surface area contributed by atoms with Crippen LogP contribution in [0.2, 0.25) is 0 Å². The molecule has 1 fully saturated rings. The third-order valence-electron chi connectivity index (χ3n) is 3.11. The van der Waals surface area contributed by atoms with Gasteiger partial charge < -0.3 is 10.8 Å². The summed E-state index contributed by atoms with van der Waals surface area (Å²) in [6, 6.07) is 2.83. The molecular formula is C11H17N3O3S. The van der Waals surface area contributed by atoms with Gasteiger partial charge in [0.1, 0.15) is 10.7 Å². The molecule has 1 aliphatic carbocycles. The van der Waals surface area contributed by atoms with E-state index in [1.807, 2.05) is 0 Å². The molecule has 1 saturated carbocycles. The monoisotopic (exact) mass is 271 g/mol. The first-order valence-electron chi connectivity index (χ1n) is 5.90. The van der Waals surface area contributed by atoms with Gasteiger partial charge in [0.25, 0.3) is 0 Å². The van der Waals surface area contributed by atoms with Crippen molar-refractivity contribution in [3.8, 4) is 0 Å². The van der Waals surface area contributed by atoms with Crippen molar-refractivity contribution < 1.29 is 13.5 Å². The number of anilines is 1. The van der Waals surface area contributed by atoms with Crippen LogP contribution in [0.1, 0.15) is 25.7 Å². The van der Waals surface area contributed by atoms with Crippen LogP contribution in [-0.2, 0) is 10.0 Å². The number of aromatic nitrogens is 1. The molecule has 18 heavy (non-hydrogen) atoms. The Morgan fingerprint density at radius 1 is 1.33 bits per heavy atom. The minimum atomic E-state index is -3.63. The lowest BCUT2D eigenvalue weighted by atomic mass is 9.94. The lowest BCUT2D eigenvalue weighted by Gasteiger charge is -2.26. The summed E-state index contributed by atoms with van der Waals surface area (Å²) in [6.45, 7) is 0. The van der Waals surface area contributed by atoms with Crippen LogP contribution < -0.4 is 10.5 Å². The third-order valence-corrected chi connectivity index (χ3v) is 4.68. The maximum atomic E-state index is 12.1. The van der Waals surface area contributed by atoms with Crippen LogP contribution in [0.3, 0.4) is 0 Å². The highest BCUT2D eigenvalue weighted by atomic mass is 32.2. The number of pyridine rings is 1. The van der Waals surface area contributed by atoms with Crippen molar-refractivity contribution >= 4 is 15.8 Å². The van der Waals surface area contributed by atoms with Gasteiger partial charge in [-0.1, -0.05) is 0 Å². The molecule has 1 aliphatic rings. The zero-order chi connectivity index (χ0) is 13.2. The second-order valence-corrected chi connectivity index (χ2v) is 6.20. The SMILES string of the molecule is Nc1ncccc1S(=O)(=O)NC1CCC(O)CC1. The van der Waals surface area contributed by atoms with Gasteiger partial charge in [-0.3, -0.25) is 0 Å². The molecule has 7 heteroatoms. The van der Waals surface area contributed by atoms with Crippen molar-refractivity contribution in [1.29, 1.82) is 0 Å². The summed E-state index contributed by atoms with van der Waals surface area (Å²) >= 11 is 0. The first kappa shape index (κ1) is 13.3. The molecule has 0 amide bonds. The number of aliphatic hydroxyl groups is 1. The van der Waals surface area contributed by atoms with Crippen molar-refractivity contribution in [2.24, 2.45) is 0 Å². The minimum Gasteiger partial charge on any atom is -0.393 e. The van der Waals surface area contributed by atoms with Crippen molar-refractivity contribution in [3.05, 3.63) is 18.3 Å². The summed E-state index contributed by atoms with van der Waals surface area (Å²) in [5, 5.41) is 9.38. The Labute approximate surface area is 106 Å². The Balaban J connectivity index is 2.11. The Bertz CT molecular complexity index is 510. The van der Waals surface area contributed by atoms with E-state index in [1.54, 1.807) is 0 Å². The number of hydrogen-bond acceptors (Lipinski definition) is 5. The quantitative estimate of drug-likeness (QED) is 0.730. The van der Waals surface area contributed by atoms with Crippen LogP contribution in [0, 0.1) is 0 Å². The summed E-state index contributed by atoms with van der Waals surface area (Å²) < 4.78 is 26.8. The fraction of sp³-hybridized carbons (Fsp3) is 0.545. The highest BCUT2D eigenvalue weighted by Gasteiger charge is 2.26. The summed E-state index contributed by atoms with van der Waals surface area (Å²) in [5.74, 6) is 0.000782. The summed E-state index contributed by atoms with van der Waals surface area (Å²) in [6.07, 6.45) is 3.66. The van der Waals surface area contributed by atoms with E-state index in [4.69, 9.17) is 5.73 Å². The van der Waals surface area contributed by atoms with Crippen molar-refractivity contribution in [1.82, 2.24) is 9.71 Å². The molecule has 1 aromatic heterocycles. The minimum absolute atomic E-state index is 0.000782. The van der Waals surface area contributed by atoms with Gasteiger partial charge in [-0.25, -0.2) is 18.1 Å². The summed E-state index contributed by atoms with van der Waals surface area (Å²) in [5.41, 5.74) is 5.56. The molecule has 1 heterocycles. The zero-order valence-corrected chi connectivity index (χ0v) is 10.7. The third kappa shape index (κ3) is 2.98. The highest BCUT2D eigenvalue weighted by molar-refractivity contribution is 7.89. The van der Waals surface area contributed by atoms with E-state index in [-0.39, 0.29) is 22.9 Å². The Kier molecular flexibility index (Phi) is 3.84. The first-order chi connectivity index (χ1) is 8.49. The average molecular weight is 271 g/mol. The number of rotatable bonds is 3. The molecule has 100 valence electrons. The van der Waals surface area contributed by atoms with Crippen molar-refractivity contribution in [3.63, 3.8) is 0 Å². The van der Waals surface area contributed by atoms with E-state index in [2.05, 4.69) is 9.71 Å². The molecule has 0 atom stereocenters. The normalized spacial score (nSPS) is 24.9. The van der Waals surface area contributed by atoms with Gasteiger partial charge in [0, 0.05) is 12.2 Å². The largest absolute Gasteiger partial charge is 0.393 e. The predicted octanol–water partition coefficient (Wildman–Crippen LogP) is 0.246. The standard InChI is InChI=1S/C11H17N3O3S/c12-11-10(2-1-7-13-11)18(16,17)14-8-3-5-9(15)6-4-8/h1-2,7-9,14-15H,3-6H2,(H2,12,13). The summed E-state index contributed by atoms with van der Waals surface area (Å²) in [4.78, 5) is 3.78. The lowest BCUT2D eigenvalue weighted by Crippen LogP contribution is -2.38. The predicted molar refractivity (Wildman–Crippen MR) is 67.2 cm³/mol. The number of nitrogen functional groups attached to an aromatic ring is 1. The molecule has 0 spiro atoms. The van der Waals surface area contributed by atoms with Crippen molar-refractivity contribution in [2.45, 2.75) is 42.7 Å². The fourth-order valence-corrected chi connectivity index (χ4v) is 3.49. The molecule has 0 aromatic carbocycles. The number of nitrogens with one attached hydrogen (secondary N) is 1. The second kappa shape index (κ2) is 5.21. The van der Waals surface area contributed by atoms with Crippen LogP contribution in [0.15, 0.2) is 23.2 Å². The fourth-order valence-electron chi connectivity index (χ4n) is 2.11. The van der Waals surface area contributed by atoms with Crippen LogP contribution in [0.4, 0.5) is 5.82 Å². The summed E-state index contributed by atoms with van der Waals surface area (Å²) in [7, 11) is -3.63. The molecule has 0 radical (unpaired) electrons. The molecule has 0 aliphatic heterocycles. The van der Waals surface area contributed by atoms with Gasteiger partial charge >= 0.3 is 0 Å². The number of nitrogens with two attached hydrogens (primary N) is 1. The van der Waals surface area contributed by atoms with E-state index < -0.39 is 10.0 Å². The number of aliphatic hydroxyl groups excluding tert-OH is 1. The molecule has 4 N–H and O–H groups in total.